The average molecular weight is 382 g/mol. The molecule has 1 aromatic carbocycles. The number of anilines is 1. The van der Waals surface area contributed by atoms with Crippen LogP contribution in [0.5, 0.6) is 0 Å². The highest BCUT2D eigenvalue weighted by atomic mass is 32.2. The molecule has 0 saturated carbocycles. The summed E-state index contributed by atoms with van der Waals surface area (Å²) >= 11 is 1.30. The van der Waals surface area contributed by atoms with Crippen molar-refractivity contribution in [3.05, 3.63) is 40.9 Å². The maximum Gasteiger partial charge on any atom is 0.338 e. The molecule has 7 nitrogen and oxygen atoms in total. The number of rotatable bonds is 6. The van der Waals surface area contributed by atoms with Crippen LogP contribution in [-0.2, 0) is 26.0 Å². The minimum absolute atomic E-state index is 0.0291. The minimum Gasteiger partial charge on any atom is -0.456 e. The maximum atomic E-state index is 12.0. The highest BCUT2D eigenvalue weighted by Crippen LogP contribution is 2.21. The molecule has 0 unspecified atom stereocenters. The summed E-state index contributed by atoms with van der Waals surface area (Å²) in [5.41, 5.74) is 0.794. The molecule has 1 aromatic heterocycles. The van der Waals surface area contributed by atoms with Gasteiger partial charge in [0, 0.05) is 25.1 Å². The van der Waals surface area contributed by atoms with Crippen LogP contribution in [0.4, 0.5) is 5.13 Å². The normalized spacial score (nSPS) is 11.2. The first-order valence-electron chi connectivity index (χ1n) is 7.42. The van der Waals surface area contributed by atoms with E-state index in [1.54, 1.807) is 5.38 Å². The lowest BCUT2D eigenvalue weighted by molar-refractivity contribution is -0.116. The van der Waals surface area contributed by atoms with Crippen LogP contribution in [-0.4, -0.2) is 38.1 Å². The van der Waals surface area contributed by atoms with Gasteiger partial charge < -0.3 is 4.74 Å². The molecule has 1 amide bonds. The number of hydrogen-bond donors (Lipinski definition) is 0. The molecule has 0 spiro atoms. The van der Waals surface area contributed by atoms with E-state index in [4.69, 9.17) is 4.74 Å². The molecule has 9 heteroatoms. The van der Waals surface area contributed by atoms with Crippen molar-refractivity contribution in [2.45, 2.75) is 25.3 Å². The number of esters is 1. The molecule has 0 atom stereocenters. The van der Waals surface area contributed by atoms with Crippen molar-refractivity contribution < 1.29 is 22.7 Å². The highest BCUT2D eigenvalue weighted by Gasteiger charge is 2.15. The Bertz CT molecular complexity index is 872. The lowest BCUT2D eigenvalue weighted by Crippen LogP contribution is -2.27. The van der Waals surface area contributed by atoms with Crippen molar-refractivity contribution >= 4 is 38.2 Å². The van der Waals surface area contributed by atoms with Gasteiger partial charge in [0.2, 0.25) is 5.91 Å². The van der Waals surface area contributed by atoms with E-state index in [1.807, 2.05) is 6.92 Å². The van der Waals surface area contributed by atoms with Gasteiger partial charge in [-0.1, -0.05) is 0 Å². The molecule has 0 N–H and O–H groups in total. The van der Waals surface area contributed by atoms with Gasteiger partial charge in [-0.25, -0.2) is 18.2 Å². The second-order valence-electron chi connectivity index (χ2n) is 5.26. The molecule has 0 aliphatic carbocycles. The summed E-state index contributed by atoms with van der Waals surface area (Å²) in [7, 11) is -3.31. The third-order valence-electron chi connectivity index (χ3n) is 3.34. The molecule has 25 heavy (non-hydrogen) atoms. The van der Waals surface area contributed by atoms with Gasteiger partial charge >= 0.3 is 5.97 Å². The third kappa shape index (κ3) is 4.86. The minimum atomic E-state index is -3.31. The summed E-state index contributed by atoms with van der Waals surface area (Å²) < 4.78 is 28.0. The molecule has 2 aromatic rings. The van der Waals surface area contributed by atoms with Gasteiger partial charge in [0.1, 0.15) is 6.61 Å². The SMILES string of the molecule is CCN(C(C)=O)c1nc(COC(=O)c2ccc(S(C)(=O)=O)cc2)cs1. The van der Waals surface area contributed by atoms with Crippen LogP contribution in [0.1, 0.15) is 29.9 Å². The van der Waals surface area contributed by atoms with Crippen LogP contribution in [0, 0.1) is 0 Å². The summed E-state index contributed by atoms with van der Waals surface area (Å²) in [5.74, 6) is -0.681. The standard InChI is InChI=1S/C16H18N2O5S2/c1-4-18(11(2)19)16-17-13(10-24-16)9-23-15(20)12-5-7-14(8-6-12)25(3,21)22/h5-8,10H,4,9H2,1-3H3. The lowest BCUT2D eigenvalue weighted by Gasteiger charge is -2.14. The number of benzene rings is 1. The fourth-order valence-electron chi connectivity index (χ4n) is 2.04. The first kappa shape index (κ1) is 19.1. The number of aromatic nitrogens is 1. The van der Waals surface area contributed by atoms with Crippen molar-refractivity contribution in [3.8, 4) is 0 Å². The molecule has 0 aliphatic rings. The van der Waals surface area contributed by atoms with Gasteiger partial charge in [-0.15, -0.1) is 11.3 Å². The Morgan fingerprint density at radius 1 is 1.24 bits per heavy atom. The summed E-state index contributed by atoms with van der Waals surface area (Å²) in [6, 6.07) is 5.53. The molecule has 0 fully saturated rings. The largest absolute Gasteiger partial charge is 0.456 e. The van der Waals surface area contributed by atoms with E-state index in [0.29, 0.717) is 17.4 Å². The summed E-state index contributed by atoms with van der Waals surface area (Å²) in [5, 5.41) is 2.28. The molecule has 2 rings (SSSR count). The van der Waals surface area contributed by atoms with Crippen molar-refractivity contribution in [3.63, 3.8) is 0 Å². The lowest BCUT2D eigenvalue weighted by atomic mass is 10.2. The predicted molar refractivity (Wildman–Crippen MR) is 94.5 cm³/mol. The van der Waals surface area contributed by atoms with Crippen LogP contribution in [0.2, 0.25) is 0 Å². The number of carbonyl (C=O) groups excluding carboxylic acids is 2. The Morgan fingerprint density at radius 3 is 2.40 bits per heavy atom. The summed E-state index contributed by atoms with van der Waals surface area (Å²) in [6.07, 6.45) is 1.10. The number of nitrogens with zero attached hydrogens (tertiary/aromatic N) is 2. The number of hydrogen-bond acceptors (Lipinski definition) is 7. The molecule has 134 valence electrons. The predicted octanol–water partition coefficient (Wildman–Crippen LogP) is 2.28. The first-order valence-corrected chi connectivity index (χ1v) is 10.2. The number of sulfone groups is 1. The van der Waals surface area contributed by atoms with Gasteiger partial charge in [0.25, 0.3) is 0 Å². The van der Waals surface area contributed by atoms with E-state index < -0.39 is 15.8 Å². The van der Waals surface area contributed by atoms with Gasteiger partial charge in [-0.3, -0.25) is 9.69 Å². The second kappa shape index (κ2) is 7.75. The van der Waals surface area contributed by atoms with Crippen LogP contribution in [0.25, 0.3) is 0 Å². The Hall–Kier alpha value is -2.26. The Kier molecular flexibility index (Phi) is 5.91. The Morgan fingerprint density at radius 2 is 1.88 bits per heavy atom. The number of amides is 1. The quantitative estimate of drug-likeness (QED) is 0.712. The Balaban J connectivity index is 2.01. The molecule has 1 heterocycles. The summed E-state index contributed by atoms with van der Waals surface area (Å²) in [6.45, 7) is 3.79. The van der Waals surface area contributed by atoms with E-state index in [2.05, 4.69) is 4.98 Å². The molecule has 0 radical (unpaired) electrons. The molecule has 0 saturated heterocycles. The van der Waals surface area contributed by atoms with Gasteiger partial charge in [0.15, 0.2) is 15.0 Å². The van der Waals surface area contributed by atoms with Crippen molar-refractivity contribution in [1.82, 2.24) is 4.98 Å². The zero-order chi connectivity index (χ0) is 18.6. The molecular formula is C16H18N2O5S2. The van der Waals surface area contributed by atoms with E-state index in [1.165, 1.54) is 47.4 Å². The van der Waals surface area contributed by atoms with Crippen LogP contribution in [0.15, 0.2) is 34.5 Å². The zero-order valence-electron chi connectivity index (χ0n) is 14.1. The zero-order valence-corrected chi connectivity index (χ0v) is 15.7. The first-order chi connectivity index (χ1) is 11.7. The molecule has 0 bridgehead atoms. The number of ether oxygens (including phenoxy) is 1. The maximum absolute atomic E-state index is 12.0. The smallest absolute Gasteiger partial charge is 0.338 e. The van der Waals surface area contributed by atoms with Crippen LogP contribution in [0.3, 0.4) is 0 Å². The fraction of sp³-hybridized carbons (Fsp3) is 0.312. The third-order valence-corrected chi connectivity index (χ3v) is 5.38. The fourth-order valence-corrected chi connectivity index (χ4v) is 3.59. The Labute approximate surface area is 150 Å². The monoisotopic (exact) mass is 382 g/mol. The van der Waals surface area contributed by atoms with Crippen molar-refractivity contribution in [2.24, 2.45) is 0 Å². The van der Waals surface area contributed by atoms with Crippen LogP contribution < -0.4 is 4.90 Å². The van der Waals surface area contributed by atoms with Gasteiger partial charge in [-0.05, 0) is 31.2 Å². The van der Waals surface area contributed by atoms with E-state index >= 15 is 0 Å². The molecular weight excluding hydrogens is 364 g/mol. The van der Waals surface area contributed by atoms with Crippen LogP contribution >= 0.6 is 11.3 Å². The van der Waals surface area contributed by atoms with Crippen molar-refractivity contribution in [2.75, 3.05) is 17.7 Å². The average Bonchev–Trinajstić information content (AvgIpc) is 3.01. The highest BCUT2D eigenvalue weighted by molar-refractivity contribution is 7.90. The van der Waals surface area contributed by atoms with Crippen molar-refractivity contribution in [1.29, 1.82) is 0 Å². The van der Waals surface area contributed by atoms with E-state index in [0.717, 1.165) is 6.26 Å². The number of thiazole rings is 1. The topological polar surface area (TPSA) is 93.6 Å². The summed E-state index contributed by atoms with van der Waals surface area (Å²) in [4.78, 5) is 29.5. The van der Waals surface area contributed by atoms with Gasteiger partial charge in [0.05, 0.1) is 16.2 Å². The number of carbonyl (C=O) groups is 2. The van der Waals surface area contributed by atoms with Gasteiger partial charge in [-0.2, -0.15) is 0 Å². The van der Waals surface area contributed by atoms with E-state index in [-0.39, 0.29) is 23.0 Å². The second-order valence-corrected chi connectivity index (χ2v) is 8.11. The van der Waals surface area contributed by atoms with E-state index in [9.17, 15) is 18.0 Å². The molecule has 0 aliphatic heterocycles.